The van der Waals surface area contributed by atoms with Crippen LogP contribution in [0.1, 0.15) is 36.8 Å². The molecule has 1 aliphatic heterocycles. The summed E-state index contributed by atoms with van der Waals surface area (Å²) in [6.45, 7) is 0. The zero-order valence-electron chi connectivity index (χ0n) is 12.0. The van der Waals surface area contributed by atoms with Crippen molar-refractivity contribution in [3.05, 3.63) is 29.3 Å². The van der Waals surface area contributed by atoms with E-state index in [1.54, 1.807) is 0 Å². The first kappa shape index (κ1) is 12.0. The number of carbonyl (C=O) groups excluding carboxylic acids is 2. The molecule has 2 saturated carbocycles. The van der Waals surface area contributed by atoms with Crippen LogP contribution in [-0.2, 0) is 22.4 Å². The molecule has 3 nitrogen and oxygen atoms in total. The Morgan fingerprint density at radius 1 is 0.905 bits per heavy atom. The van der Waals surface area contributed by atoms with Crippen molar-refractivity contribution in [1.82, 2.24) is 0 Å². The number of anilines is 1. The van der Waals surface area contributed by atoms with Crippen molar-refractivity contribution >= 4 is 17.5 Å². The van der Waals surface area contributed by atoms with E-state index in [2.05, 4.69) is 12.1 Å². The van der Waals surface area contributed by atoms with E-state index in [1.807, 2.05) is 6.07 Å². The molecule has 0 unspecified atom stereocenters. The third kappa shape index (κ3) is 1.44. The maximum absolute atomic E-state index is 12.8. The average molecular weight is 281 g/mol. The highest BCUT2D eigenvalue weighted by atomic mass is 16.2. The van der Waals surface area contributed by atoms with Gasteiger partial charge in [-0.2, -0.15) is 0 Å². The topological polar surface area (TPSA) is 37.4 Å². The number of benzene rings is 1. The molecular formula is C18H19NO2. The summed E-state index contributed by atoms with van der Waals surface area (Å²) in [4.78, 5) is 27.1. The lowest BCUT2D eigenvalue weighted by Crippen LogP contribution is -2.32. The predicted octanol–water partition coefficient (Wildman–Crippen LogP) is 2.71. The van der Waals surface area contributed by atoms with E-state index in [0.717, 1.165) is 37.8 Å². The summed E-state index contributed by atoms with van der Waals surface area (Å²) < 4.78 is 0. The Balaban J connectivity index is 1.55. The lowest BCUT2D eigenvalue weighted by molar-refractivity contribution is -0.123. The minimum absolute atomic E-state index is 0.00972. The maximum atomic E-state index is 12.8. The predicted molar refractivity (Wildman–Crippen MR) is 78.8 cm³/mol. The molecule has 0 N–H and O–H groups in total. The van der Waals surface area contributed by atoms with E-state index in [1.165, 1.54) is 22.4 Å². The van der Waals surface area contributed by atoms with Gasteiger partial charge in [0.15, 0.2) is 0 Å². The molecule has 1 aromatic carbocycles. The number of imide groups is 1. The number of carbonyl (C=O) groups is 2. The largest absolute Gasteiger partial charge is 0.274 e. The van der Waals surface area contributed by atoms with Gasteiger partial charge in [-0.15, -0.1) is 0 Å². The van der Waals surface area contributed by atoms with Crippen LogP contribution in [0, 0.1) is 23.7 Å². The van der Waals surface area contributed by atoms with E-state index >= 15 is 0 Å². The zero-order valence-corrected chi connectivity index (χ0v) is 12.0. The van der Waals surface area contributed by atoms with Gasteiger partial charge in [0.05, 0.1) is 17.5 Å². The third-order valence-corrected chi connectivity index (χ3v) is 6.27. The van der Waals surface area contributed by atoms with E-state index < -0.39 is 0 Å². The highest BCUT2D eigenvalue weighted by molar-refractivity contribution is 6.22. The van der Waals surface area contributed by atoms with Crippen LogP contribution >= 0.6 is 0 Å². The molecule has 3 fully saturated rings. The minimum atomic E-state index is -0.00972. The average Bonchev–Trinajstić information content (AvgIpc) is 3.22. The Morgan fingerprint density at radius 2 is 1.57 bits per heavy atom. The summed E-state index contributed by atoms with van der Waals surface area (Å²) in [7, 11) is 0. The highest BCUT2D eigenvalue weighted by Crippen LogP contribution is 2.56. The summed E-state index contributed by atoms with van der Waals surface area (Å²) in [6, 6.07) is 6.17. The smallest absolute Gasteiger partial charge is 0.237 e. The fourth-order valence-corrected chi connectivity index (χ4v) is 5.36. The number of fused-ring (bicyclic) bond motifs is 6. The van der Waals surface area contributed by atoms with Crippen LogP contribution in [0.2, 0.25) is 0 Å². The molecule has 1 aromatic rings. The van der Waals surface area contributed by atoms with Gasteiger partial charge < -0.3 is 0 Å². The van der Waals surface area contributed by atoms with Crippen LogP contribution in [-0.4, -0.2) is 11.8 Å². The number of hydrogen-bond acceptors (Lipinski definition) is 2. The van der Waals surface area contributed by atoms with Crippen molar-refractivity contribution in [2.45, 2.75) is 38.5 Å². The molecule has 5 rings (SSSR count). The van der Waals surface area contributed by atoms with Crippen LogP contribution in [0.3, 0.4) is 0 Å². The third-order valence-electron chi connectivity index (χ3n) is 6.27. The van der Waals surface area contributed by atoms with Gasteiger partial charge in [0.2, 0.25) is 11.8 Å². The lowest BCUT2D eigenvalue weighted by Gasteiger charge is -2.19. The number of nitrogens with zero attached hydrogens (tertiary/aromatic N) is 1. The molecule has 3 heteroatoms. The molecule has 2 bridgehead atoms. The summed E-state index contributed by atoms with van der Waals surface area (Å²) in [5.41, 5.74) is 3.53. The van der Waals surface area contributed by atoms with Gasteiger partial charge in [-0.3, -0.25) is 14.5 Å². The van der Waals surface area contributed by atoms with E-state index in [0.29, 0.717) is 11.8 Å². The zero-order chi connectivity index (χ0) is 14.1. The Morgan fingerprint density at radius 3 is 2.29 bits per heavy atom. The Labute approximate surface area is 124 Å². The molecule has 0 radical (unpaired) electrons. The van der Waals surface area contributed by atoms with Gasteiger partial charge >= 0.3 is 0 Å². The summed E-state index contributed by atoms with van der Waals surface area (Å²) in [5.74, 6) is 1.08. The molecule has 4 aliphatic rings. The number of rotatable bonds is 1. The molecule has 0 aromatic heterocycles. The lowest BCUT2D eigenvalue weighted by atomic mass is 9.81. The number of hydrogen-bond donors (Lipinski definition) is 0. The molecule has 108 valence electrons. The summed E-state index contributed by atoms with van der Waals surface area (Å²) in [6.07, 6.45) is 6.79. The van der Waals surface area contributed by atoms with Crippen molar-refractivity contribution < 1.29 is 9.59 Å². The van der Waals surface area contributed by atoms with Crippen LogP contribution in [0.25, 0.3) is 0 Å². The standard InChI is InChI=1S/C18H19NO2/c20-17-15-12-4-5-13(8-12)16(15)18(21)19(17)14-7-6-10-2-1-3-11(10)9-14/h6-7,9,12-13,15-16H,1-5,8H2/t12-,13+,15-,16-/m0/s1. The summed E-state index contributed by atoms with van der Waals surface area (Å²) >= 11 is 0. The quantitative estimate of drug-likeness (QED) is 0.742. The first-order chi connectivity index (χ1) is 10.2. The second kappa shape index (κ2) is 3.96. The fourth-order valence-electron chi connectivity index (χ4n) is 5.36. The monoisotopic (exact) mass is 281 g/mol. The fraction of sp³-hybridized carbons (Fsp3) is 0.556. The van der Waals surface area contributed by atoms with E-state index in [-0.39, 0.29) is 23.7 Å². The molecule has 21 heavy (non-hydrogen) atoms. The van der Waals surface area contributed by atoms with Crippen molar-refractivity contribution in [3.63, 3.8) is 0 Å². The van der Waals surface area contributed by atoms with Crippen molar-refractivity contribution in [3.8, 4) is 0 Å². The second-order valence-corrected chi connectivity index (χ2v) is 7.20. The number of amides is 2. The molecule has 0 spiro atoms. The first-order valence-corrected chi connectivity index (χ1v) is 8.23. The molecule has 4 atom stereocenters. The Bertz CT molecular complexity index is 637. The Kier molecular flexibility index (Phi) is 2.26. The van der Waals surface area contributed by atoms with Gasteiger partial charge in [-0.25, -0.2) is 0 Å². The van der Waals surface area contributed by atoms with Crippen molar-refractivity contribution in [2.75, 3.05) is 4.90 Å². The van der Waals surface area contributed by atoms with Crippen LogP contribution in [0.5, 0.6) is 0 Å². The van der Waals surface area contributed by atoms with Crippen molar-refractivity contribution in [2.24, 2.45) is 23.7 Å². The van der Waals surface area contributed by atoms with Gasteiger partial charge in [0.1, 0.15) is 0 Å². The van der Waals surface area contributed by atoms with Crippen molar-refractivity contribution in [1.29, 1.82) is 0 Å². The SMILES string of the molecule is O=C1[C@H]2[C@@H]3CC[C@@H](C3)[C@@H]2C(=O)N1c1ccc2c(c1)CCC2. The van der Waals surface area contributed by atoms with E-state index in [9.17, 15) is 9.59 Å². The normalized spacial score (nSPS) is 36.5. The molecule has 1 saturated heterocycles. The van der Waals surface area contributed by atoms with Crippen LogP contribution in [0.4, 0.5) is 5.69 Å². The van der Waals surface area contributed by atoms with Gasteiger partial charge in [-0.05, 0) is 73.6 Å². The van der Waals surface area contributed by atoms with Gasteiger partial charge in [0, 0.05) is 0 Å². The molecule has 3 aliphatic carbocycles. The highest BCUT2D eigenvalue weighted by Gasteiger charge is 2.61. The first-order valence-electron chi connectivity index (χ1n) is 8.23. The Hall–Kier alpha value is -1.64. The van der Waals surface area contributed by atoms with Gasteiger partial charge in [0.25, 0.3) is 0 Å². The maximum Gasteiger partial charge on any atom is 0.237 e. The molecular weight excluding hydrogens is 262 g/mol. The number of aryl methyl sites for hydroxylation is 2. The van der Waals surface area contributed by atoms with Crippen LogP contribution < -0.4 is 4.90 Å². The van der Waals surface area contributed by atoms with Crippen LogP contribution in [0.15, 0.2) is 18.2 Å². The molecule has 2 amide bonds. The molecule has 1 heterocycles. The second-order valence-electron chi connectivity index (χ2n) is 7.20. The van der Waals surface area contributed by atoms with Gasteiger partial charge in [-0.1, -0.05) is 6.07 Å². The minimum Gasteiger partial charge on any atom is -0.274 e. The van der Waals surface area contributed by atoms with E-state index in [4.69, 9.17) is 0 Å². The summed E-state index contributed by atoms with van der Waals surface area (Å²) in [5, 5.41) is 0.